The van der Waals surface area contributed by atoms with E-state index in [1.165, 1.54) is 29.5 Å². The van der Waals surface area contributed by atoms with Crippen LogP contribution in [0, 0.1) is 5.92 Å². The van der Waals surface area contributed by atoms with Crippen molar-refractivity contribution < 1.29 is 23.4 Å². The summed E-state index contributed by atoms with van der Waals surface area (Å²) in [5.41, 5.74) is 4.64. The summed E-state index contributed by atoms with van der Waals surface area (Å²) in [6.07, 6.45) is 10.7. The third kappa shape index (κ3) is 7.06. The first-order valence-corrected chi connectivity index (χ1v) is 18.3. The molecule has 39 heavy (non-hydrogen) atoms. The number of ketones is 1. The molecule has 218 valence electrons. The number of benzene rings is 1. The van der Waals surface area contributed by atoms with Crippen molar-refractivity contribution in [1.82, 2.24) is 0 Å². The highest BCUT2D eigenvalue weighted by Gasteiger charge is 2.47. The van der Waals surface area contributed by atoms with Gasteiger partial charge in [-0.05, 0) is 91.8 Å². The lowest BCUT2D eigenvalue weighted by Gasteiger charge is -2.43. The molecular weight excluding hydrogens is 504 g/mol. The molecule has 0 saturated carbocycles. The number of hydrogen-bond acceptors (Lipinski definition) is 5. The molecule has 5 nitrogen and oxygen atoms in total. The van der Waals surface area contributed by atoms with Crippen LogP contribution in [0.2, 0.25) is 18.1 Å². The molecule has 0 N–H and O–H groups in total. The summed E-state index contributed by atoms with van der Waals surface area (Å²) in [4.78, 5) is 13.6. The Morgan fingerprint density at radius 1 is 1.10 bits per heavy atom. The van der Waals surface area contributed by atoms with Gasteiger partial charge in [-0.2, -0.15) is 0 Å². The summed E-state index contributed by atoms with van der Waals surface area (Å²) in [6.45, 7) is 14.5. The smallest absolute Gasteiger partial charge is 0.193 e. The molecule has 1 aromatic rings. The molecule has 2 aliphatic carbocycles. The zero-order valence-electron chi connectivity index (χ0n) is 25.6. The molecule has 1 aromatic carbocycles. The summed E-state index contributed by atoms with van der Waals surface area (Å²) in [7, 11) is -0.383. The number of methoxy groups -OCH3 is 1. The van der Waals surface area contributed by atoms with Crippen LogP contribution in [0.3, 0.4) is 0 Å². The number of Topliss-reactive ketones (excluding diaryl/α,β-unsaturated/α-hetero) is 1. The molecule has 3 aliphatic rings. The van der Waals surface area contributed by atoms with E-state index in [9.17, 15) is 4.79 Å². The predicted octanol–water partition coefficient (Wildman–Crippen LogP) is 8.47. The Labute approximate surface area is 238 Å². The average molecular weight is 557 g/mol. The first-order valence-electron chi connectivity index (χ1n) is 15.4. The third-order valence-corrected chi connectivity index (χ3v) is 13.9. The second-order valence-corrected chi connectivity index (χ2v) is 18.1. The van der Waals surface area contributed by atoms with Crippen molar-refractivity contribution in [1.29, 1.82) is 0 Å². The highest BCUT2D eigenvalue weighted by atomic mass is 28.4. The fraction of sp³-hybridized carbons (Fsp3) is 0.727. The van der Waals surface area contributed by atoms with E-state index in [1.807, 2.05) is 6.07 Å². The van der Waals surface area contributed by atoms with Gasteiger partial charge in [-0.3, -0.25) is 4.79 Å². The number of allylic oxidation sites excluding steroid dienone is 1. The Morgan fingerprint density at radius 2 is 1.90 bits per heavy atom. The van der Waals surface area contributed by atoms with E-state index in [1.54, 1.807) is 7.11 Å². The Morgan fingerprint density at radius 3 is 2.56 bits per heavy atom. The maximum absolute atomic E-state index is 13.6. The minimum atomic E-state index is -2.12. The van der Waals surface area contributed by atoms with Crippen LogP contribution in [-0.2, 0) is 25.1 Å². The molecule has 0 spiro atoms. The van der Waals surface area contributed by atoms with Crippen LogP contribution < -0.4 is 4.74 Å². The average Bonchev–Trinajstić information content (AvgIpc) is 3.21. The van der Waals surface area contributed by atoms with Crippen LogP contribution in [0.15, 0.2) is 29.3 Å². The van der Waals surface area contributed by atoms with Crippen molar-refractivity contribution in [3.63, 3.8) is 0 Å². The lowest BCUT2D eigenvalue weighted by atomic mass is 9.78. The molecule has 1 fully saturated rings. The van der Waals surface area contributed by atoms with Crippen LogP contribution in [-0.4, -0.2) is 40.2 Å². The second kappa shape index (κ2) is 13.0. The summed E-state index contributed by atoms with van der Waals surface area (Å²) in [5, 5.41) is 0.0700. The van der Waals surface area contributed by atoms with Crippen molar-refractivity contribution in [3.05, 3.63) is 40.5 Å². The Hall–Kier alpha value is -1.47. The number of hydrogen-bond donors (Lipinski definition) is 0. The van der Waals surface area contributed by atoms with Gasteiger partial charge in [0.15, 0.2) is 20.4 Å². The molecule has 4 rings (SSSR count). The molecule has 0 bridgehead atoms. The molecule has 1 heterocycles. The zero-order chi connectivity index (χ0) is 28.2. The minimum absolute atomic E-state index is 0.0700. The maximum atomic E-state index is 13.6. The van der Waals surface area contributed by atoms with E-state index in [2.05, 4.69) is 52.9 Å². The van der Waals surface area contributed by atoms with E-state index in [0.29, 0.717) is 12.2 Å². The summed E-state index contributed by atoms with van der Waals surface area (Å²) < 4.78 is 25.4. The number of unbranched alkanes of at least 4 members (excludes halogenated alkanes) is 2. The van der Waals surface area contributed by atoms with E-state index in [0.717, 1.165) is 69.3 Å². The lowest BCUT2D eigenvalue weighted by molar-refractivity contribution is -0.190. The Balaban J connectivity index is 1.64. The molecule has 0 radical (unpaired) electrons. The lowest BCUT2D eigenvalue weighted by Crippen LogP contribution is -2.43. The van der Waals surface area contributed by atoms with Crippen LogP contribution >= 0.6 is 0 Å². The van der Waals surface area contributed by atoms with Gasteiger partial charge < -0.3 is 18.6 Å². The van der Waals surface area contributed by atoms with Crippen LogP contribution in [0.5, 0.6) is 5.75 Å². The topological polar surface area (TPSA) is 54.0 Å². The number of ether oxygens (including phenoxy) is 3. The first kappa shape index (κ1) is 30.5. The maximum Gasteiger partial charge on any atom is 0.193 e. The van der Waals surface area contributed by atoms with Gasteiger partial charge in [0.2, 0.25) is 0 Å². The second-order valence-electron chi connectivity index (χ2n) is 13.3. The van der Waals surface area contributed by atoms with Gasteiger partial charge >= 0.3 is 0 Å². The van der Waals surface area contributed by atoms with Crippen molar-refractivity contribution in [2.75, 3.05) is 13.7 Å². The summed E-state index contributed by atoms with van der Waals surface area (Å²) in [6, 6.07) is 6.30. The van der Waals surface area contributed by atoms with Gasteiger partial charge in [0, 0.05) is 18.6 Å². The Kier molecular flexibility index (Phi) is 10.2. The van der Waals surface area contributed by atoms with Gasteiger partial charge in [0.05, 0.1) is 19.3 Å². The van der Waals surface area contributed by atoms with Crippen LogP contribution in [0.1, 0.15) is 109 Å². The number of rotatable bonds is 12. The quantitative estimate of drug-likeness (QED) is 0.191. The normalized spacial score (nSPS) is 24.5. The van der Waals surface area contributed by atoms with Gasteiger partial charge in [0.1, 0.15) is 5.75 Å². The largest absolute Gasteiger partial charge is 0.496 e. The highest BCUT2D eigenvalue weighted by Crippen LogP contribution is 2.52. The van der Waals surface area contributed by atoms with E-state index in [4.69, 9.17) is 18.6 Å². The van der Waals surface area contributed by atoms with E-state index in [-0.39, 0.29) is 29.5 Å². The van der Waals surface area contributed by atoms with Crippen LogP contribution in [0.4, 0.5) is 0 Å². The molecular formula is C33H52O5Si. The van der Waals surface area contributed by atoms with Crippen molar-refractivity contribution in [2.45, 2.75) is 135 Å². The predicted molar refractivity (Wildman–Crippen MR) is 160 cm³/mol. The number of fused-ring (bicyclic) bond motifs is 2. The highest BCUT2D eigenvalue weighted by molar-refractivity contribution is 6.74. The van der Waals surface area contributed by atoms with Gasteiger partial charge in [-0.15, -0.1) is 0 Å². The van der Waals surface area contributed by atoms with E-state index >= 15 is 0 Å². The van der Waals surface area contributed by atoms with Gasteiger partial charge in [-0.25, -0.2) is 0 Å². The molecule has 6 heteroatoms. The fourth-order valence-electron chi connectivity index (χ4n) is 6.19. The van der Waals surface area contributed by atoms with E-state index < -0.39 is 8.32 Å². The minimum Gasteiger partial charge on any atom is -0.496 e. The molecule has 1 saturated heterocycles. The number of carbonyl (C=O) groups excluding carboxylic acids is 1. The Bertz CT molecular complexity index is 1020. The van der Waals surface area contributed by atoms with Gasteiger partial charge in [0.25, 0.3) is 0 Å². The first-order chi connectivity index (χ1) is 18.6. The molecule has 1 aliphatic heterocycles. The summed E-state index contributed by atoms with van der Waals surface area (Å²) >= 11 is 0. The molecule has 3 unspecified atom stereocenters. The standard InChI is InChI=1S/C33H52O5Si/c1-8-9-10-14-24(37-30-17-11-12-20-36-30)18-19-26-28(34)22-23-21-27-25(15-13-16-29(27)35-5)32(31(23)26)38-39(6,7)33(2,3)4/h13,15-16,23-24,30,32H,8-12,14,17-22H2,1-7H3/t23-,24?,30?,32?/m1/s1. The molecule has 0 amide bonds. The molecule has 4 atom stereocenters. The third-order valence-electron chi connectivity index (χ3n) is 9.51. The molecule has 0 aromatic heterocycles. The van der Waals surface area contributed by atoms with Crippen LogP contribution in [0.25, 0.3) is 0 Å². The fourth-order valence-corrected chi connectivity index (χ4v) is 7.39. The van der Waals surface area contributed by atoms with Crippen molar-refractivity contribution in [2.24, 2.45) is 5.92 Å². The zero-order valence-corrected chi connectivity index (χ0v) is 26.6. The van der Waals surface area contributed by atoms with Crippen molar-refractivity contribution in [3.8, 4) is 5.75 Å². The SMILES string of the molecule is CCCCCC(CCC1=C2C(O[Si](C)(C)C(C)(C)C)c3cccc(OC)c3C[C@@H]2CC1=O)OC1CCCCO1. The number of carbonyl (C=O) groups is 1. The van der Waals surface area contributed by atoms with Gasteiger partial charge in [-0.1, -0.05) is 59.1 Å². The van der Waals surface area contributed by atoms with Crippen molar-refractivity contribution >= 4 is 14.1 Å². The monoisotopic (exact) mass is 556 g/mol. The summed E-state index contributed by atoms with van der Waals surface area (Å²) in [5.74, 6) is 1.40.